The number of hydrogen-bond acceptors (Lipinski definition) is 0. The van der Waals surface area contributed by atoms with Crippen LogP contribution in [0.1, 0.15) is 44.2 Å². The topological polar surface area (TPSA) is 0 Å². The number of unbranched alkanes of at least 4 members (excludes halogenated alkanes) is 2. The van der Waals surface area contributed by atoms with Crippen molar-refractivity contribution in [2.24, 2.45) is 0 Å². The van der Waals surface area contributed by atoms with Crippen molar-refractivity contribution in [3.8, 4) is 23.0 Å². The summed E-state index contributed by atoms with van der Waals surface area (Å²) in [5, 5.41) is 0. The number of benzene rings is 2. The summed E-state index contributed by atoms with van der Waals surface area (Å²) in [7, 11) is 0. The molecule has 0 saturated heterocycles. The smallest absolute Gasteiger partial charge is 0.142 e. The Labute approximate surface area is 135 Å². The molecule has 0 aromatic heterocycles. The molecule has 0 amide bonds. The summed E-state index contributed by atoms with van der Waals surface area (Å²) in [4.78, 5) is 0. The fourth-order valence-corrected chi connectivity index (χ4v) is 2.50. The first-order valence-corrected chi connectivity index (χ1v) is 7.77. The molecule has 3 heteroatoms. The van der Waals surface area contributed by atoms with Crippen LogP contribution >= 0.6 is 0 Å². The van der Waals surface area contributed by atoms with Crippen molar-refractivity contribution in [2.45, 2.75) is 39.5 Å². The molecule has 0 unspecified atom stereocenters. The number of hydrogen-bond donors (Lipinski definition) is 0. The zero-order valence-corrected chi connectivity index (χ0v) is 13.3. The van der Waals surface area contributed by atoms with Crippen LogP contribution in [0.2, 0.25) is 0 Å². The van der Waals surface area contributed by atoms with E-state index in [9.17, 15) is 13.2 Å². The maximum Gasteiger partial charge on any atom is 0.142 e. The van der Waals surface area contributed by atoms with Gasteiger partial charge in [-0.15, -0.1) is 5.92 Å². The van der Waals surface area contributed by atoms with Crippen molar-refractivity contribution < 1.29 is 13.2 Å². The third kappa shape index (κ3) is 4.16. The van der Waals surface area contributed by atoms with Crippen LogP contribution in [-0.4, -0.2) is 0 Å². The molecule has 23 heavy (non-hydrogen) atoms. The first kappa shape index (κ1) is 17.1. The van der Waals surface area contributed by atoms with Gasteiger partial charge in [-0.1, -0.05) is 37.8 Å². The molecule has 0 N–H and O–H groups in total. The van der Waals surface area contributed by atoms with Crippen LogP contribution in [0.4, 0.5) is 13.2 Å². The van der Waals surface area contributed by atoms with Crippen molar-refractivity contribution in [1.29, 1.82) is 0 Å². The number of aryl methyl sites for hydroxylation is 1. The minimum absolute atomic E-state index is 0.180. The van der Waals surface area contributed by atoms with Gasteiger partial charge in [-0.05, 0) is 49.1 Å². The highest BCUT2D eigenvalue weighted by Gasteiger charge is 2.13. The molecule has 2 rings (SSSR count). The Kier molecular flexibility index (Phi) is 5.87. The normalized spacial score (nSPS) is 10.3. The van der Waals surface area contributed by atoms with Gasteiger partial charge in [-0.25, -0.2) is 13.2 Å². The van der Waals surface area contributed by atoms with E-state index in [4.69, 9.17) is 0 Å². The maximum absolute atomic E-state index is 14.3. The third-order valence-corrected chi connectivity index (χ3v) is 3.71. The Morgan fingerprint density at radius 3 is 2.17 bits per heavy atom. The van der Waals surface area contributed by atoms with Gasteiger partial charge < -0.3 is 0 Å². The van der Waals surface area contributed by atoms with E-state index in [-0.39, 0.29) is 16.7 Å². The van der Waals surface area contributed by atoms with Gasteiger partial charge in [0.15, 0.2) is 0 Å². The average Bonchev–Trinajstić information content (AvgIpc) is 2.51. The molecule has 120 valence electrons. The summed E-state index contributed by atoms with van der Waals surface area (Å²) < 4.78 is 42.2. The molecule has 2 aromatic rings. The van der Waals surface area contributed by atoms with Crippen molar-refractivity contribution in [1.82, 2.24) is 0 Å². The molecule has 0 heterocycles. The van der Waals surface area contributed by atoms with E-state index in [1.54, 1.807) is 6.07 Å². The zero-order valence-electron chi connectivity index (χ0n) is 13.3. The predicted octanol–water partition coefficient (Wildman–Crippen LogP) is 5.88. The van der Waals surface area contributed by atoms with Crippen LogP contribution in [0.3, 0.4) is 0 Å². The molecular weight excluding hydrogens is 297 g/mol. The fraction of sp³-hybridized carbons (Fsp3) is 0.300. The second kappa shape index (κ2) is 7.87. The number of halogens is 3. The van der Waals surface area contributed by atoms with Gasteiger partial charge in [0.05, 0.1) is 5.56 Å². The molecule has 0 atom stereocenters. The van der Waals surface area contributed by atoms with E-state index in [1.165, 1.54) is 13.0 Å². The predicted molar refractivity (Wildman–Crippen MR) is 87.5 cm³/mol. The minimum Gasteiger partial charge on any atom is -0.206 e. The lowest BCUT2D eigenvalue weighted by molar-refractivity contribution is 0.577. The van der Waals surface area contributed by atoms with Gasteiger partial charge in [-0.2, -0.15) is 0 Å². The Morgan fingerprint density at radius 1 is 0.913 bits per heavy atom. The summed E-state index contributed by atoms with van der Waals surface area (Å²) in [5.41, 5.74) is 0.985. The van der Waals surface area contributed by atoms with Gasteiger partial charge >= 0.3 is 0 Å². The second-order valence-electron chi connectivity index (χ2n) is 5.46. The molecule has 0 radical (unpaired) electrons. The van der Waals surface area contributed by atoms with Crippen LogP contribution in [0.25, 0.3) is 11.1 Å². The van der Waals surface area contributed by atoms with Gasteiger partial charge in [0.1, 0.15) is 17.5 Å². The molecule has 0 aliphatic carbocycles. The molecule has 0 nitrogen and oxygen atoms in total. The summed E-state index contributed by atoms with van der Waals surface area (Å²) >= 11 is 0. The standard InChI is InChI=1S/C20H19F3/c1-3-5-6-8-14-9-10-16(18(21)11-14)15-12-19(22)17(7-4-2)20(23)13-15/h9-13H,3,5-6,8H2,1-2H3. The van der Waals surface area contributed by atoms with Gasteiger partial charge in [0.2, 0.25) is 0 Å². The molecule has 2 aromatic carbocycles. The van der Waals surface area contributed by atoms with Crippen LogP contribution in [0.15, 0.2) is 30.3 Å². The van der Waals surface area contributed by atoms with E-state index in [1.807, 2.05) is 6.07 Å². The molecule has 0 bridgehead atoms. The molecule has 0 aliphatic rings. The second-order valence-corrected chi connectivity index (χ2v) is 5.46. The fourth-order valence-electron chi connectivity index (χ4n) is 2.50. The highest BCUT2D eigenvalue weighted by Crippen LogP contribution is 2.27. The third-order valence-electron chi connectivity index (χ3n) is 3.71. The van der Waals surface area contributed by atoms with Gasteiger partial charge in [0, 0.05) is 5.56 Å². The highest BCUT2D eigenvalue weighted by atomic mass is 19.1. The van der Waals surface area contributed by atoms with Crippen molar-refractivity contribution >= 4 is 0 Å². The molecule has 0 spiro atoms. The lowest BCUT2D eigenvalue weighted by atomic mass is 9.99. The first-order valence-electron chi connectivity index (χ1n) is 7.77. The van der Waals surface area contributed by atoms with Gasteiger partial charge in [0.25, 0.3) is 0 Å². The quantitative estimate of drug-likeness (QED) is 0.477. The van der Waals surface area contributed by atoms with Crippen LogP contribution in [-0.2, 0) is 6.42 Å². The van der Waals surface area contributed by atoms with E-state index in [0.29, 0.717) is 0 Å². The largest absolute Gasteiger partial charge is 0.206 e. The molecule has 0 fully saturated rings. The van der Waals surface area contributed by atoms with Crippen molar-refractivity contribution in [3.05, 3.63) is 58.9 Å². The molecule has 0 saturated carbocycles. The summed E-state index contributed by atoms with van der Waals surface area (Å²) in [6.45, 7) is 3.61. The van der Waals surface area contributed by atoms with E-state index >= 15 is 0 Å². The highest BCUT2D eigenvalue weighted by molar-refractivity contribution is 5.66. The monoisotopic (exact) mass is 316 g/mol. The lowest BCUT2D eigenvalue weighted by Gasteiger charge is -2.08. The first-order chi connectivity index (χ1) is 11.1. The Hall–Kier alpha value is -2.21. The van der Waals surface area contributed by atoms with E-state index in [0.717, 1.165) is 43.4 Å². The van der Waals surface area contributed by atoms with E-state index < -0.39 is 17.5 Å². The SMILES string of the molecule is CC#Cc1c(F)cc(-c2ccc(CCCCC)cc2F)cc1F. The van der Waals surface area contributed by atoms with Crippen molar-refractivity contribution in [2.75, 3.05) is 0 Å². The molecule has 0 aliphatic heterocycles. The van der Waals surface area contributed by atoms with Crippen molar-refractivity contribution in [3.63, 3.8) is 0 Å². The van der Waals surface area contributed by atoms with Crippen LogP contribution in [0, 0.1) is 29.3 Å². The van der Waals surface area contributed by atoms with E-state index in [2.05, 4.69) is 18.8 Å². The maximum atomic E-state index is 14.3. The molecular formula is C20H19F3. The Bertz CT molecular complexity index is 728. The zero-order chi connectivity index (χ0) is 16.8. The van der Waals surface area contributed by atoms with Crippen LogP contribution in [0.5, 0.6) is 0 Å². The summed E-state index contributed by atoms with van der Waals surface area (Å²) in [6, 6.07) is 7.08. The average molecular weight is 316 g/mol. The summed E-state index contributed by atoms with van der Waals surface area (Å²) in [6.07, 6.45) is 4.01. The lowest BCUT2D eigenvalue weighted by Crippen LogP contribution is -1.95. The minimum atomic E-state index is -0.777. The summed E-state index contributed by atoms with van der Waals surface area (Å²) in [5.74, 6) is 2.83. The van der Waals surface area contributed by atoms with Crippen LogP contribution < -0.4 is 0 Å². The number of rotatable bonds is 5. The Balaban J connectivity index is 2.33. The Morgan fingerprint density at radius 2 is 1.61 bits per heavy atom. The van der Waals surface area contributed by atoms with Gasteiger partial charge in [-0.3, -0.25) is 0 Å².